The second kappa shape index (κ2) is 7.72. The third kappa shape index (κ3) is 4.32. The number of hydrogen-bond acceptors (Lipinski definition) is 2. The van der Waals surface area contributed by atoms with Gasteiger partial charge < -0.3 is 5.32 Å². The first-order valence-corrected chi connectivity index (χ1v) is 6.99. The van der Waals surface area contributed by atoms with Crippen LogP contribution in [0.5, 0.6) is 0 Å². The molecule has 1 N–H and O–H groups in total. The smallest absolute Gasteiger partial charge is 0.0833 e. The maximum absolute atomic E-state index is 6.19. The van der Waals surface area contributed by atoms with Crippen molar-refractivity contribution in [2.45, 2.75) is 52.0 Å². The zero-order valence-electron chi connectivity index (χ0n) is 11.2. The van der Waals surface area contributed by atoms with Crippen LogP contribution in [0.3, 0.4) is 0 Å². The molecule has 1 rings (SSSR count). The van der Waals surface area contributed by atoms with Gasteiger partial charge >= 0.3 is 0 Å². The van der Waals surface area contributed by atoms with Gasteiger partial charge in [0.2, 0.25) is 0 Å². The van der Waals surface area contributed by atoms with Gasteiger partial charge in [-0.1, -0.05) is 51.1 Å². The number of halogens is 1. The molecule has 0 aliphatic carbocycles. The summed E-state index contributed by atoms with van der Waals surface area (Å²) in [7, 11) is 1.96. The monoisotopic (exact) mass is 257 g/mol. The fraction of sp³-hybridized carbons (Fsp3) is 0.769. The van der Waals surface area contributed by atoms with E-state index in [9.17, 15) is 0 Å². The SMILES string of the molecule is CCCCCCC(NCC)c1c(Cl)cnn1C. The Bertz CT molecular complexity index is 303. The predicted octanol–water partition coefficient (Wildman–Crippen LogP) is 3.69. The van der Waals surface area contributed by atoms with Crippen molar-refractivity contribution >= 4 is 11.6 Å². The highest BCUT2D eigenvalue weighted by Gasteiger charge is 2.17. The van der Waals surface area contributed by atoms with Crippen LogP contribution in [-0.2, 0) is 7.05 Å². The van der Waals surface area contributed by atoms with E-state index in [4.69, 9.17) is 11.6 Å². The van der Waals surface area contributed by atoms with Gasteiger partial charge in [-0.05, 0) is 13.0 Å². The number of unbranched alkanes of at least 4 members (excludes halogenated alkanes) is 3. The molecule has 0 fully saturated rings. The highest BCUT2D eigenvalue weighted by Crippen LogP contribution is 2.26. The molecule has 0 aliphatic rings. The Hall–Kier alpha value is -0.540. The maximum Gasteiger partial charge on any atom is 0.0833 e. The molecule has 0 aromatic carbocycles. The number of nitrogens with zero attached hydrogens (tertiary/aromatic N) is 2. The molecule has 1 unspecified atom stereocenters. The molecule has 1 atom stereocenters. The molecule has 0 saturated carbocycles. The molecule has 1 aromatic heterocycles. The molecule has 1 heterocycles. The molecule has 0 spiro atoms. The van der Waals surface area contributed by atoms with Gasteiger partial charge in [-0.25, -0.2) is 0 Å². The lowest BCUT2D eigenvalue weighted by Gasteiger charge is -2.18. The Morgan fingerprint density at radius 3 is 2.65 bits per heavy atom. The van der Waals surface area contributed by atoms with E-state index in [2.05, 4.69) is 24.3 Å². The first kappa shape index (κ1) is 14.5. The molecule has 0 radical (unpaired) electrons. The summed E-state index contributed by atoms with van der Waals surface area (Å²) in [5, 5.41) is 8.48. The normalized spacial score (nSPS) is 12.9. The summed E-state index contributed by atoms with van der Waals surface area (Å²) in [4.78, 5) is 0. The minimum Gasteiger partial charge on any atom is -0.309 e. The molecule has 0 bridgehead atoms. The quantitative estimate of drug-likeness (QED) is 0.720. The summed E-state index contributed by atoms with van der Waals surface area (Å²) < 4.78 is 1.88. The van der Waals surface area contributed by atoms with E-state index >= 15 is 0 Å². The first-order chi connectivity index (χ1) is 8.20. The van der Waals surface area contributed by atoms with E-state index in [0.29, 0.717) is 6.04 Å². The van der Waals surface area contributed by atoms with Crippen molar-refractivity contribution in [1.82, 2.24) is 15.1 Å². The molecular weight excluding hydrogens is 234 g/mol. The summed E-state index contributed by atoms with van der Waals surface area (Å²) in [6.45, 7) is 5.32. The van der Waals surface area contributed by atoms with Gasteiger partial charge in [0.05, 0.1) is 23.0 Å². The minimum atomic E-state index is 0.330. The second-order valence-electron chi connectivity index (χ2n) is 4.46. The van der Waals surface area contributed by atoms with Crippen LogP contribution in [0, 0.1) is 0 Å². The number of nitrogens with one attached hydrogen (secondary N) is 1. The van der Waals surface area contributed by atoms with Gasteiger partial charge in [0.1, 0.15) is 0 Å². The van der Waals surface area contributed by atoms with Crippen molar-refractivity contribution in [2.75, 3.05) is 6.54 Å². The van der Waals surface area contributed by atoms with Crippen LogP contribution in [0.4, 0.5) is 0 Å². The fourth-order valence-corrected chi connectivity index (χ4v) is 2.47. The number of aryl methyl sites for hydroxylation is 1. The lowest BCUT2D eigenvalue weighted by molar-refractivity contribution is 0.455. The predicted molar refractivity (Wildman–Crippen MR) is 73.4 cm³/mol. The van der Waals surface area contributed by atoms with Crippen LogP contribution in [-0.4, -0.2) is 16.3 Å². The largest absolute Gasteiger partial charge is 0.309 e. The highest BCUT2D eigenvalue weighted by molar-refractivity contribution is 6.31. The van der Waals surface area contributed by atoms with Crippen molar-refractivity contribution in [3.8, 4) is 0 Å². The highest BCUT2D eigenvalue weighted by atomic mass is 35.5. The van der Waals surface area contributed by atoms with Crippen LogP contribution in [0.2, 0.25) is 5.02 Å². The maximum atomic E-state index is 6.19. The molecule has 0 saturated heterocycles. The lowest BCUT2D eigenvalue weighted by Crippen LogP contribution is -2.23. The third-order valence-corrected chi connectivity index (χ3v) is 3.36. The van der Waals surface area contributed by atoms with Gasteiger partial charge in [-0.2, -0.15) is 5.10 Å². The van der Waals surface area contributed by atoms with Crippen molar-refractivity contribution < 1.29 is 0 Å². The van der Waals surface area contributed by atoms with E-state index in [1.807, 2.05) is 11.7 Å². The summed E-state index contributed by atoms with van der Waals surface area (Å²) in [6.07, 6.45) is 8.00. The molecule has 1 aromatic rings. The van der Waals surface area contributed by atoms with Crippen LogP contribution in [0.25, 0.3) is 0 Å². The van der Waals surface area contributed by atoms with Crippen molar-refractivity contribution in [2.24, 2.45) is 7.05 Å². The Balaban J connectivity index is 2.59. The molecule has 17 heavy (non-hydrogen) atoms. The first-order valence-electron chi connectivity index (χ1n) is 6.61. The van der Waals surface area contributed by atoms with Crippen molar-refractivity contribution in [3.05, 3.63) is 16.9 Å². The van der Waals surface area contributed by atoms with Gasteiger partial charge in [-0.15, -0.1) is 0 Å². The van der Waals surface area contributed by atoms with Crippen molar-refractivity contribution in [1.29, 1.82) is 0 Å². The third-order valence-electron chi connectivity index (χ3n) is 3.06. The van der Waals surface area contributed by atoms with E-state index in [-0.39, 0.29) is 0 Å². The average molecular weight is 258 g/mol. The molecule has 0 aliphatic heterocycles. The molecular formula is C13H24ClN3. The van der Waals surface area contributed by atoms with Crippen LogP contribution in [0.15, 0.2) is 6.20 Å². The van der Waals surface area contributed by atoms with Gasteiger partial charge in [0.15, 0.2) is 0 Å². The molecule has 3 nitrogen and oxygen atoms in total. The second-order valence-corrected chi connectivity index (χ2v) is 4.87. The summed E-state index contributed by atoms with van der Waals surface area (Å²) in [5.74, 6) is 0. The lowest BCUT2D eigenvalue weighted by atomic mass is 10.0. The van der Waals surface area contributed by atoms with E-state index in [1.54, 1.807) is 6.20 Å². The number of aromatic nitrogens is 2. The molecule has 0 amide bonds. The van der Waals surface area contributed by atoms with Crippen LogP contribution < -0.4 is 5.32 Å². The Labute approximate surface area is 110 Å². The Morgan fingerprint density at radius 2 is 2.12 bits per heavy atom. The van der Waals surface area contributed by atoms with Gasteiger partial charge in [0, 0.05) is 7.05 Å². The molecule has 98 valence electrons. The van der Waals surface area contributed by atoms with Gasteiger partial charge in [0.25, 0.3) is 0 Å². The standard InChI is InChI=1S/C13H24ClN3/c1-4-6-7-8-9-12(15-5-2)13-11(14)10-16-17(13)3/h10,12,15H,4-9H2,1-3H3. The number of hydrogen-bond donors (Lipinski definition) is 1. The van der Waals surface area contributed by atoms with Crippen LogP contribution in [0.1, 0.15) is 57.7 Å². The molecule has 4 heteroatoms. The van der Waals surface area contributed by atoms with Crippen LogP contribution >= 0.6 is 11.6 Å². The topological polar surface area (TPSA) is 29.9 Å². The summed E-state index contributed by atoms with van der Waals surface area (Å²) >= 11 is 6.19. The van der Waals surface area contributed by atoms with E-state index < -0.39 is 0 Å². The van der Waals surface area contributed by atoms with Gasteiger partial charge in [-0.3, -0.25) is 4.68 Å². The van der Waals surface area contributed by atoms with E-state index in [1.165, 1.54) is 25.7 Å². The van der Waals surface area contributed by atoms with E-state index in [0.717, 1.165) is 23.7 Å². The summed E-state index contributed by atoms with van der Waals surface area (Å²) in [5.41, 5.74) is 1.12. The summed E-state index contributed by atoms with van der Waals surface area (Å²) in [6, 6.07) is 0.330. The Kier molecular flexibility index (Phi) is 6.60. The number of rotatable bonds is 8. The zero-order chi connectivity index (χ0) is 12.7. The fourth-order valence-electron chi connectivity index (χ4n) is 2.17. The average Bonchev–Trinajstić information content (AvgIpc) is 2.63. The minimum absolute atomic E-state index is 0.330. The zero-order valence-corrected chi connectivity index (χ0v) is 11.9. The van der Waals surface area contributed by atoms with Crippen molar-refractivity contribution in [3.63, 3.8) is 0 Å². The Morgan fingerprint density at radius 1 is 1.35 bits per heavy atom.